The molecule has 0 aliphatic rings. The Balaban J connectivity index is 2.28. The molecular weight excluding hydrogens is 174 g/mol. The van der Waals surface area contributed by atoms with Crippen LogP contribution in [0.5, 0.6) is 0 Å². The van der Waals surface area contributed by atoms with Gasteiger partial charge in [-0.25, -0.2) is 0 Å². The predicted octanol–water partition coefficient (Wildman–Crippen LogP) is 2.71. The number of aromatic nitrogens is 1. The van der Waals surface area contributed by atoms with Crippen molar-refractivity contribution >= 4 is 11.6 Å². The Morgan fingerprint density at radius 1 is 1.58 bits per heavy atom. The molecule has 0 spiro atoms. The second kappa shape index (κ2) is 4.99. The normalized spacial score (nSPS) is 11.2. The molecule has 0 saturated heterocycles. The van der Waals surface area contributed by atoms with Crippen LogP contribution in [0, 0.1) is 6.92 Å². The summed E-state index contributed by atoms with van der Waals surface area (Å²) >= 11 is 5.46. The highest BCUT2D eigenvalue weighted by atomic mass is 35.5. The Hall–Kier alpha value is -0.760. The van der Waals surface area contributed by atoms with E-state index in [1.54, 1.807) is 0 Å². The minimum absolute atomic E-state index is 0.579. The van der Waals surface area contributed by atoms with Gasteiger partial charge in [-0.2, -0.15) is 0 Å². The zero-order chi connectivity index (χ0) is 8.81. The van der Waals surface area contributed by atoms with E-state index >= 15 is 0 Å². The largest absolute Gasteiger partial charge is 0.361 e. The van der Waals surface area contributed by atoms with Crippen LogP contribution >= 0.6 is 11.6 Å². The van der Waals surface area contributed by atoms with Gasteiger partial charge in [0.1, 0.15) is 5.76 Å². The lowest BCUT2D eigenvalue weighted by atomic mass is 10.2. The van der Waals surface area contributed by atoms with Crippen LogP contribution in [0.2, 0.25) is 0 Å². The molecule has 0 atom stereocenters. The molecule has 3 heteroatoms. The van der Waals surface area contributed by atoms with Crippen LogP contribution in [0.1, 0.15) is 17.9 Å². The van der Waals surface area contributed by atoms with Crippen molar-refractivity contribution in [3.05, 3.63) is 29.7 Å². The van der Waals surface area contributed by atoms with Crippen molar-refractivity contribution in [3.63, 3.8) is 0 Å². The number of rotatable bonds is 4. The average molecular weight is 186 g/mol. The summed E-state index contributed by atoms with van der Waals surface area (Å²) in [5, 5.41) is 3.79. The number of hydrogen-bond acceptors (Lipinski definition) is 2. The van der Waals surface area contributed by atoms with Crippen molar-refractivity contribution in [2.45, 2.75) is 19.8 Å². The lowest BCUT2D eigenvalue weighted by Gasteiger charge is -1.87. The van der Waals surface area contributed by atoms with Gasteiger partial charge in [-0.05, 0) is 13.3 Å². The first-order valence-corrected chi connectivity index (χ1v) is 4.49. The molecule has 0 aromatic carbocycles. The zero-order valence-corrected chi connectivity index (χ0v) is 7.84. The van der Waals surface area contributed by atoms with Gasteiger partial charge in [0.05, 0.1) is 5.69 Å². The monoisotopic (exact) mass is 185 g/mol. The zero-order valence-electron chi connectivity index (χ0n) is 7.09. The van der Waals surface area contributed by atoms with Crippen molar-refractivity contribution in [1.82, 2.24) is 5.16 Å². The molecule has 0 fully saturated rings. The molecule has 1 heterocycles. The Labute approximate surface area is 77.2 Å². The molecule has 1 aromatic heterocycles. The van der Waals surface area contributed by atoms with Crippen LogP contribution in [0.3, 0.4) is 0 Å². The summed E-state index contributed by atoms with van der Waals surface area (Å²) in [5.74, 6) is 1.52. The minimum atomic E-state index is 0.579. The lowest BCUT2D eigenvalue weighted by Crippen LogP contribution is -1.77. The van der Waals surface area contributed by atoms with Gasteiger partial charge >= 0.3 is 0 Å². The van der Waals surface area contributed by atoms with Crippen molar-refractivity contribution in [3.8, 4) is 0 Å². The second-order valence-electron chi connectivity index (χ2n) is 2.60. The molecule has 0 N–H and O–H groups in total. The van der Waals surface area contributed by atoms with Crippen LogP contribution in [0.4, 0.5) is 0 Å². The minimum Gasteiger partial charge on any atom is -0.361 e. The summed E-state index contributed by atoms with van der Waals surface area (Å²) in [6.45, 7) is 1.92. The van der Waals surface area contributed by atoms with Gasteiger partial charge in [-0.15, -0.1) is 11.6 Å². The third-order valence-electron chi connectivity index (χ3n) is 1.49. The number of allylic oxidation sites excluding steroid dienone is 2. The molecule has 2 nitrogen and oxygen atoms in total. The van der Waals surface area contributed by atoms with E-state index in [0.717, 1.165) is 24.3 Å². The number of halogens is 1. The van der Waals surface area contributed by atoms with Crippen molar-refractivity contribution in [1.29, 1.82) is 0 Å². The van der Waals surface area contributed by atoms with Gasteiger partial charge in [0.15, 0.2) is 0 Å². The lowest BCUT2D eigenvalue weighted by molar-refractivity contribution is 0.380. The molecule has 0 radical (unpaired) electrons. The third kappa shape index (κ3) is 3.09. The van der Waals surface area contributed by atoms with Gasteiger partial charge in [0.25, 0.3) is 0 Å². The SMILES string of the molecule is Cc1cc(CC/C=C/CCl)on1. The maximum absolute atomic E-state index is 5.46. The van der Waals surface area contributed by atoms with E-state index < -0.39 is 0 Å². The molecule has 0 aliphatic heterocycles. The molecular formula is C9H12ClNO. The van der Waals surface area contributed by atoms with Gasteiger partial charge in [-0.1, -0.05) is 17.3 Å². The first kappa shape index (κ1) is 9.33. The quantitative estimate of drug-likeness (QED) is 0.533. The maximum atomic E-state index is 5.46. The fraction of sp³-hybridized carbons (Fsp3) is 0.444. The molecule has 0 saturated carbocycles. The summed E-state index contributed by atoms with van der Waals surface area (Å²) in [6.07, 6.45) is 5.84. The average Bonchev–Trinajstić information content (AvgIpc) is 2.45. The highest BCUT2D eigenvalue weighted by molar-refractivity contribution is 6.18. The second-order valence-corrected chi connectivity index (χ2v) is 2.91. The van der Waals surface area contributed by atoms with Crippen LogP contribution in [0.15, 0.2) is 22.7 Å². The Morgan fingerprint density at radius 3 is 3.00 bits per heavy atom. The molecule has 0 unspecified atom stereocenters. The molecule has 0 bridgehead atoms. The van der Waals surface area contributed by atoms with Gasteiger partial charge in [0, 0.05) is 18.4 Å². The number of alkyl halides is 1. The Morgan fingerprint density at radius 2 is 2.42 bits per heavy atom. The number of aryl methyl sites for hydroxylation is 2. The van der Waals surface area contributed by atoms with E-state index in [2.05, 4.69) is 5.16 Å². The van der Waals surface area contributed by atoms with E-state index in [4.69, 9.17) is 16.1 Å². The van der Waals surface area contributed by atoms with Crippen LogP contribution in [-0.2, 0) is 6.42 Å². The smallest absolute Gasteiger partial charge is 0.137 e. The highest BCUT2D eigenvalue weighted by Crippen LogP contribution is 2.05. The van der Waals surface area contributed by atoms with Crippen molar-refractivity contribution < 1.29 is 4.52 Å². The molecule has 1 rings (SSSR count). The van der Waals surface area contributed by atoms with Crippen molar-refractivity contribution in [2.75, 3.05) is 5.88 Å². The topological polar surface area (TPSA) is 26.0 Å². The van der Waals surface area contributed by atoms with Gasteiger partial charge < -0.3 is 4.52 Å². The Kier molecular flexibility index (Phi) is 3.88. The van der Waals surface area contributed by atoms with E-state index in [1.165, 1.54) is 0 Å². The summed E-state index contributed by atoms with van der Waals surface area (Å²) in [4.78, 5) is 0. The maximum Gasteiger partial charge on any atom is 0.137 e. The van der Waals surface area contributed by atoms with Gasteiger partial charge in [-0.3, -0.25) is 0 Å². The van der Waals surface area contributed by atoms with Crippen LogP contribution in [0.25, 0.3) is 0 Å². The predicted molar refractivity (Wildman–Crippen MR) is 49.4 cm³/mol. The fourth-order valence-electron chi connectivity index (χ4n) is 0.941. The molecule has 0 aliphatic carbocycles. The number of hydrogen-bond donors (Lipinski definition) is 0. The van der Waals surface area contributed by atoms with E-state index in [0.29, 0.717) is 5.88 Å². The summed E-state index contributed by atoms with van der Waals surface area (Å²) < 4.78 is 5.03. The molecule has 66 valence electrons. The van der Waals surface area contributed by atoms with E-state index in [9.17, 15) is 0 Å². The Bertz CT molecular complexity index is 255. The first-order chi connectivity index (χ1) is 5.83. The summed E-state index contributed by atoms with van der Waals surface area (Å²) in [6, 6.07) is 1.95. The van der Waals surface area contributed by atoms with E-state index in [1.807, 2.05) is 25.1 Å². The fourth-order valence-corrected chi connectivity index (χ4v) is 1.07. The highest BCUT2D eigenvalue weighted by Gasteiger charge is 1.97. The molecule has 0 amide bonds. The van der Waals surface area contributed by atoms with E-state index in [-0.39, 0.29) is 0 Å². The summed E-state index contributed by atoms with van der Waals surface area (Å²) in [7, 11) is 0. The van der Waals surface area contributed by atoms with Crippen LogP contribution in [-0.4, -0.2) is 11.0 Å². The van der Waals surface area contributed by atoms with Crippen molar-refractivity contribution in [2.24, 2.45) is 0 Å². The molecule has 1 aromatic rings. The van der Waals surface area contributed by atoms with Gasteiger partial charge in [0.2, 0.25) is 0 Å². The number of nitrogens with zero attached hydrogens (tertiary/aromatic N) is 1. The molecule has 12 heavy (non-hydrogen) atoms. The standard InChI is InChI=1S/C9H12ClNO/c1-8-7-9(12-11-8)5-3-2-4-6-10/h2,4,7H,3,5-6H2,1H3/b4-2+. The summed E-state index contributed by atoms with van der Waals surface area (Å²) in [5.41, 5.74) is 0.936. The first-order valence-electron chi connectivity index (χ1n) is 3.96. The van der Waals surface area contributed by atoms with Crippen LogP contribution < -0.4 is 0 Å². The third-order valence-corrected chi connectivity index (χ3v) is 1.67.